The van der Waals surface area contributed by atoms with E-state index in [2.05, 4.69) is 41.1 Å². The van der Waals surface area contributed by atoms with E-state index in [1.165, 1.54) is 56.2 Å². The second-order valence-electron chi connectivity index (χ2n) is 9.85. The third-order valence-electron chi connectivity index (χ3n) is 7.70. The number of hydrogen-bond acceptors (Lipinski definition) is 4. The molecule has 4 rings (SSSR count). The Bertz CT molecular complexity index is 696. The molecule has 1 aromatic carbocycles. The van der Waals surface area contributed by atoms with Crippen LogP contribution in [0.3, 0.4) is 0 Å². The maximum Gasteiger partial charge on any atom is 0.323 e. The molecule has 1 saturated heterocycles. The van der Waals surface area contributed by atoms with Gasteiger partial charge in [0.2, 0.25) is 0 Å². The highest BCUT2D eigenvalue weighted by Gasteiger charge is 2.33. The lowest BCUT2D eigenvalue weighted by Gasteiger charge is -2.36. The summed E-state index contributed by atoms with van der Waals surface area (Å²) in [5.41, 5.74) is 2.47. The van der Waals surface area contributed by atoms with Gasteiger partial charge < -0.3 is 15.0 Å². The summed E-state index contributed by atoms with van der Waals surface area (Å²) in [7, 11) is 0. The van der Waals surface area contributed by atoms with Crippen molar-refractivity contribution in [2.45, 2.75) is 82.8 Å². The summed E-state index contributed by atoms with van der Waals surface area (Å²) >= 11 is 0. The smallest absolute Gasteiger partial charge is 0.323 e. The number of hydrogen-bond donors (Lipinski definition) is 1. The van der Waals surface area contributed by atoms with Crippen LogP contribution in [0.25, 0.3) is 6.08 Å². The highest BCUT2D eigenvalue weighted by Crippen LogP contribution is 2.30. The lowest BCUT2D eigenvalue weighted by molar-refractivity contribution is -0.153. The average Bonchev–Trinajstić information content (AvgIpc) is 3.33. The van der Waals surface area contributed by atoms with E-state index >= 15 is 0 Å². The molecule has 0 spiro atoms. The van der Waals surface area contributed by atoms with Crippen molar-refractivity contribution < 1.29 is 9.53 Å². The highest BCUT2D eigenvalue weighted by molar-refractivity contribution is 5.76. The van der Waals surface area contributed by atoms with E-state index in [1.807, 2.05) is 6.08 Å². The minimum Gasteiger partial charge on any atom is -0.461 e. The van der Waals surface area contributed by atoms with Crippen LogP contribution in [0.5, 0.6) is 0 Å². The van der Waals surface area contributed by atoms with Gasteiger partial charge in [0.25, 0.3) is 0 Å². The Kier molecular flexibility index (Phi) is 8.07. The molecule has 1 aromatic rings. The predicted molar refractivity (Wildman–Crippen MR) is 128 cm³/mol. The number of nitrogens with one attached hydrogen (secondary N) is 1. The van der Waals surface area contributed by atoms with Crippen LogP contribution < -0.4 is 10.2 Å². The van der Waals surface area contributed by atoms with Crippen molar-refractivity contribution in [1.82, 2.24) is 5.32 Å². The zero-order valence-corrected chi connectivity index (χ0v) is 19.1. The fourth-order valence-corrected chi connectivity index (χ4v) is 5.66. The maximum atomic E-state index is 13.1. The summed E-state index contributed by atoms with van der Waals surface area (Å²) in [5.74, 6) is 1.11. The minimum atomic E-state index is -0.106. The molecule has 1 unspecified atom stereocenters. The molecule has 0 radical (unpaired) electrons. The molecule has 0 aromatic heterocycles. The molecule has 2 saturated carbocycles. The topological polar surface area (TPSA) is 41.6 Å². The molecule has 1 N–H and O–H groups in total. The molecule has 3 aliphatic rings. The van der Waals surface area contributed by atoms with Gasteiger partial charge in [0.1, 0.15) is 12.1 Å². The van der Waals surface area contributed by atoms with Gasteiger partial charge in [0.15, 0.2) is 0 Å². The van der Waals surface area contributed by atoms with Crippen molar-refractivity contribution in [3.05, 3.63) is 36.4 Å². The third-order valence-corrected chi connectivity index (χ3v) is 7.70. The number of carbonyl (C=O) groups is 1. The molecule has 1 atom stereocenters. The molecule has 0 amide bonds. The van der Waals surface area contributed by atoms with Crippen LogP contribution >= 0.6 is 0 Å². The van der Waals surface area contributed by atoms with E-state index in [1.54, 1.807) is 0 Å². The van der Waals surface area contributed by atoms with E-state index in [0.29, 0.717) is 11.8 Å². The second-order valence-corrected chi connectivity index (χ2v) is 9.85. The zero-order chi connectivity index (χ0) is 21.5. The quantitative estimate of drug-likeness (QED) is 0.554. The van der Waals surface area contributed by atoms with Crippen molar-refractivity contribution in [1.29, 1.82) is 0 Å². The Morgan fingerprint density at radius 1 is 1.00 bits per heavy atom. The number of ether oxygens (including phenoxy) is 1. The standard InChI is InChI=1S/C27H40N2O2/c1-2-21-12-14-24(15-13-21)29-18-16-22(17-19-29)20-28-26(23-8-4-3-5-9-23)27(30)31-25-10-6-7-11-25/h2,12-15,22-23,25-26,28H,1,3-11,16-20H2. The Labute approximate surface area is 188 Å². The van der Waals surface area contributed by atoms with E-state index in [-0.39, 0.29) is 18.1 Å². The SMILES string of the molecule is C=Cc1ccc(N2CCC(CNC(C(=O)OC3CCCC3)C3CCCCC3)CC2)cc1. The van der Waals surface area contributed by atoms with Crippen molar-refractivity contribution in [3.63, 3.8) is 0 Å². The first-order chi connectivity index (χ1) is 15.2. The number of piperidine rings is 1. The maximum absolute atomic E-state index is 13.1. The zero-order valence-electron chi connectivity index (χ0n) is 19.1. The average molecular weight is 425 g/mol. The van der Waals surface area contributed by atoms with Crippen LogP contribution in [-0.4, -0.2) is 37.7 Å². The number of benzene rings is 1. The molecule has 4 heteroatoms. The number of carbonyl (C=O) groups excluding carboxylic acids is 1. The molecule has 1 aliphatic heterocycles. The summed E-state index contributed by atoms with van der Waals surface area (Å²) in [6.07, 6.45) is 15.0. The summed E-state index contributed by atoms with van der Waals surface area (Å²) < 4.78 is 5.94. The Morgan fingerprint density at radius 2 is 1.65 bits per heavy atom. The molecule has 3 fully saturated rings. The van der Waals surface area contributed by atoms with Gasteiger partial charge in [-0.15, -0.1) is 0 Å². The van der Waals surface area contributed by atoms with E-state index in [4.69, 9.17) is 4.74 Å². The molecule has 1 heterocycles. The largest absolute Gasteiger partial charge is 0.461 e. The molecule has 31 heavy (non-hydrogen) atoms. The molecule has 170 valence electrons. The number of anilines is 1. The molecular formula is C27H40N2O2. The summed E-state index contributed by atoms with van der Waals surface area (Å²) in [4.78, 5) is 15.5. The van der Waals surface area contributed by atoms with Gasteiger partial charge in [0, 0.05) is 18.8 Å². The lowest BCUT2D eigenvalue weighted by Crippen LogP contribution is -2.48. The monoisotopic (exact) mass is 424 g/mol. The van der Waals surface area contributed by atoms with Crippen LogP contribution in [0.4, 0.5) is 5.69 Å². The predicted octanol–water partition coefficient (Wildman–Crippen LogP) is 5.57. The first-order valence-corrected chi connectivity index (χ1v) is 12.6. The van der Waals surface area contributed by atoms with Gasteiger partial charge in [-0.05, 0) is 87.4 Å². The number of esters is 1. The van der Waals surface area contributed by atoms with Gasteiger partial charge in [-0.25, -0.2) is 0 Å². The Balaban J connectivity index is 1.28. The van der Waals surface area contributed by atoms with Gasteiger partial charge in [0.05, 0.1) is 0 Å². The minimum absolute atomic E-state index is 0.0264. The normalized spacial score (nSPS) is 22.4. The Hall–Kier alpha value is -1.81. The molecule has 2 aliphatic carbocycles. The fraction of sp³-hybridized carbons (Fsp3) is 0.667. The van der Waals surface area contributed by atoms with Crippen LogP contribution in [0, 0.1) is 11.8 Å². The molecule has 4 nitrogen and oxygen atoms in total. The lowest BCUT2D eigenvalue weighted by atomic mass is 9.83. The van der Waals surface area contributed by atoms with Crippen LogP contribution in [-0.2, 0) is 9.53 Å². The van der Waals surface area contributed by atoms with E-state index in [9.17, 15) is 4.79 Å². The van der Waals surface area contributed by atoms with Gasteiger partial charge in [-0.1, -0.05) is 44.1 Å². The molecular weight excluding hydrogens is 384 g/mol. The van der Waals surface area contributed by atoms with Crippen LogP contribution in [0.1, 0.15) is 76.2 Å². The van der Waals surface area contributed by atoms with E-state index < -0.39 is 0 Å². The van der Waals surface area contributed by atoms with Gasteiger partial charge in [-0.3, -0.25) is 4.79 Å². The van der Waals surface area contributed by atoms with Crippen molar-refractivity contribution in [3.8, 4) is 0 Å². The van der Waals surface area contributed by atoms with Gasteiger partial charge >= 0.3 is 5.97 Å². The van der Waals surface area contributed by atoms with Crippen molar-refractivity contribution >= 4 is 17.7 Å². The Morgan fingerprint density at radius 3 is 2.29 bits per heavy atom. The van der Waals surface area contributed by atoms with Crippen LogP contribution in [0.2, 0.25) is 0 Å². The summed E-state index contributed by atoms with van der Waals surface area (Å²) in [6, 6.07) is 8.58. The van der Waals surface area contributed by atoms with Gasteiger partial charge in [-0.2, -0.15) is 0 Å². The van der Waals surface area contributed by atoms with Crippen molar-refractivity contribution in [2.24, 2.45) is 11.8 Å². The second kappa shape index (κ2) is 11.2. The third kappa shape index (κ3) is 6.12. The number of rotatable bonds is 8. The highest BCUT2D eigenvalue weighted by atomic mass is 16.5. The number of nitrogens with zero attached hydrogens (tertiary/aromatic N) is 1. The van der Waals surface area contributed by atoms with Crippen molar-refractivity contribution in [2.75, 3.05) is 24.5 Å². The first kappa shape index (κ1) is 22.4. The van der Waals surface area contributed by atoms with Crippen LogP contribution in [0.15, 0.2) is 30.8 Å². The molecule has 0 bridgehead atoms. The first-order valence-electron chi connectivity index (χ1n) is 12.6. The fourth-order valence-electron chi connectivity index (χ4n) is 5.66. The summed E-state index contributed by atoms with van der Waals surface area (Å²) in [6.45, 7) is 6.94. The van der Waals surface area contributed by atoms with E-state index in [0.717, 1.165) is 45.3 Å². The summed E-state index contributed by atoms with van der Waals surface area (Å²) in [5, 5.41) is 3.70.